The van der Waals surface area contributed by atoms with Crippen molar-refractivity contribution in [1.82, 2.24) is 14.9 Å². The fourth-order valence-corrected chi connectivity index (χ4v) is 2.66. The second kappa shape index (κ2) is 10.4. The third-order valence-corrected chi connectivity index (χ3v) is 3.69. The molecule has 118 valence electrons. The van der Waals surface area contributed by atoms with E-state index in [2.05, 4.69) is 23.0 Å². The Balaban J connectivity index is 0.00000180. The van der Waals surface area contributed by atoms with Crippen LogP contribution in [-0.4, -0.2) is 34.4 Å². The maximum atomic E-state index is 9.17. The first-order valence-electron chi connectivity index (χ1n) is 7.22. The molecule has 0 radical (unpaired) electrons. The highest BCUT2D eigenvalue weighted by atomic mass is 35.5. The molecular weight excluding hydrogens is 297 g/mol. The van der Waals surface area contributed by atoms with E-state index >= 15 is 0 Å². The lowest BCUT2D eigenvalue weighted by Gasteiger charge is -2.22. The van der Waals surface area contributed by atoms with Gasteiger partial charge in [0.15, 0.2) is 0 Å². The van der Waals surface area contributed by atoms with Crippen molar-refractivity contribution in [2.24, 2.45) is 0 Å². The van der Waals surface area contributed by atoms with Crippen LogP contribution in [0.5, 0.6) is 0 Å². The third-order valence-electron chi connectivity index (χ3n) is 3.69. The molecule has 20 heavy (non-hydrogen) atoms. The first kappa shape index (κ1) is 19.7. The summed E-state index contributed by atoms with van der Waals surface area (Å²) in [5.74, 6) is 1.75. The minimum Gasteiger partial charge on any atom is -0.395 e. The van der Waals surface area contributed by atoms with Gasteiger partial charge in [-0.05, 0) is 38.8 Å². The van der Waals surface area contributed by atoms with Gasteiger partial charge in [0, 0.05) is 18.7 Å². The van der Waals surface area contributed by atoms with Crippen molar-refractivity contribution in [3.63, 3.8) is 0 Å². The van der Waals surface area contributed by atoms with E-state index in [9.17, 15) is 0 Å². The van der Waals surface area contributed by atoms with Gasteiger partial charge < -0.3 is 15.0 Å². The van der Waals surface area contributed by atoms with Gasteiger partial charge in [0.05, 0.1) is 12.3 Å². The lowest BCUT2D eigenvalue weighted by molar-refractivity contribution is 0.271. The van der Waals surface area contributed by atoms with Gasteiger partial charge in [-0.25, -0.2) is 4.98 Å². The summed E-state index contributed by atoms with van der Waals surface area (Å²) in [7, 11) is 0. The van der Waals surface area contributed by atoms with Crippen LogP contribution in [0.25, 0.3) is 0 Å². The fourth-order valence-electron chi connectivity index (χ4n) is 2.66. The van der Waals surface area contributed by atoms with E-state index < -0.39 is 0 Å². The maximum absolute atomic E-state index is 9.17. The summed E-state index contributed by atoms with van der Waals surface area (Å²) < 4.78 is 2.17. The molecule has 6 heteroatoms. The molecule has 4 nitrogen and oxygen atoms in total. The standard InChI is InChI=1S/C14H25N3O.2ClH/c1-2-3-4-13-11-17(9-10-18)14(16-13)12-5-7-15-8-6-12;;/h11-12,15,18H,2-10H2,1H3;2*1H. The Morgan fingerprint density at radius 1 is 1.35 bits per heavy atom. The predicted molar refractivity (Wildman–Crippen MR) is 87.3 cm³/mol. The number of aryl methyl sites for hydroxylation is 1. The molecule has 1 fully saturated rings. The largest absolute Gasteiger partial charge is 0.395 e. The van der Waals surface area contributed by atoms with Crippen LogP contribution in [0.2, 0.25) is 0 Å². The quantitative estimate of drug-likeness (QED) is 0.845. The van der Waals surface area contributed by atoms with Crippen LogP contribution in [0.1, 0.15) is 50.0 Å². The zero-order valence-corrected chi connectivity index (χ0v) is 13.8. The predicted octanol–water partition coefficient (Wildman–Crippen LogP) is 2.53. The number of nitrogens with zero attached hydrogens (tertiary/aromatic N) is 2. The van der Waals surface area contributed by atoms with Crippen molar-refractivity contribution in [2.45, 2.75) is 51.5 Å². The zero-order chi connectivity index (χ0) is 12.8. The van der Waals surface area contributed by atoms with E-state index in [0.717, 1.165) is 32.4 Å². The van der Waals surface area contributed by atoms with Gasteiger partial charge in [0.2, 0.25) is 0 Å². The van der Waals surface area contributed by atoms with E-state index in [-0.39, 0.29) is 31.4 Å². The maximum Gasteiger partial charge on any atom is 0.112 e. The minimum atomic E-state index is 0. The van der Waals surface area contributed by atoms with Crippen molar-refractivity contribution < 1.29 is 5.11 Å². The highest BCUT2D eigenvalue weighted by molar-refractivity contribution is 5.85. The molecule has 1 aliphatic heterocycles. The molecule has 0 amide bonds. The number of aliphatic hydroxyl groups excluding tert-OH is 1. The monoisotopic (exact) mass is 323 g/mol. The van der Waals surface area contributed by atoms with Crippen molar-refractivity contribution in [2.75, 3.05) is 19.7 Å². The second-order valence-corrected chi connectivity index (χ2v) is 5.14. The number of unbranched alkanes of at least 4 members (excludes halogenated alkanes) is 1. The van der Waals surface area contributed by atoms with Gasteiger partial charge in [-0.3, -0.25) is 0 Å². The molecule has 0 aromatic carbocycles. The molecule has 0 aliphatic carbocycles. The van der Waals surface area contributed by atoms with Gasteiger partial charge in [0.1, 0.15) is 5.82 Å². The van der Waals surface area contributed by atoms with Gasteiger partial charge in [0.25, 0.3) is 0 Å². The number of imidazole rings is 1. The van der Waals surface area contributed by atoms with Crippen LogP contribution in [-0.2, 0) is 13.0 Å². The van der Waals surface area contributed by atoms with Crippen molar-refractivity contribution >= 4 is 24.8 Å². The van der Waals surface area contributed by atoms with Crippen molar-refractivity contribution in [3.8, 4) is 0 Å². The average molecular weight is 324 g/mol. The number of rotatable bonds is 6. The Bertz CT molecular complexity index is 365. The summed E-state index contributed by atoms with van der Waals surface area (Å²) in [6, 6.07) is 0. The van der Waals surface area contributed by atoms with E-state index in [1.165, 1.54) is 24.4 Å². The highest BCUT2D eigenvalue weighted by Crippen LogP contribution is 2.25. The van der Waals surface area contributed by atoms with Gasteiger partial charge in [-0.2, -0.15) is 0 Å². The number of piperidine rings is 1. The molecule has 2 heterocycles. The van der Waals surface area contributed by atoms with Gasteiger partial charge in [-0.1, -0.05) is 13.3 Å². The molecule has 0 saturated carbocycles. The average Bonchev–Trinajstić information content (AvgIpc) is 2.81. The molecule has 2 rings (SSSR count). The SMILES string of the molecule is CCCCc1cn(CCO)c(C2CCNCC2)n1.Cl.Cl. The molecule has 0 unspecified atom stereocenters. The molecule has 1 saturated heterocycles. The summed E-state index contributed by atoms with van der Waals surface area (Å²) in [6.07, 6.45) is 7.93. The number of halogens is 2. The number of aliphatic hydroxyl groups is 1. The van der Waals surface area contributed by atoms with Crippen molar-refractivity contribution in [1.29, 1.82) is 0 Å². The van der Waals surface area contributed by atoms with Gasteiger partial charge >= 0.3 is 0 Å². The van der Waals surface area contributed by atoms with Crippen LogP contribution in [0.15, 0.2) is 6.20 Å². The van der Waals surface area contributed by atoms with Crippen molar-refractivity contribution in [3.05, 3.63) is 17.7 Å². The molecule has 0 atom stereocenters. The van der Waals surface area contributed by atoms with Crippen LogP contribution in [0, 0.1) is 0 Å². The second-order valence-electron chi connectivity index (χ2n) is 5.14. The topological polar surface area (TPSA) is 50.1 Å². The molecular formula is C14H27Cl2N3O. The van der Waals surface area contributed by atoms with E-state index in [0.29, 0.717) is 12.5 Å². The first-order valence-corrected chi connectivity index (χ1v) is 7.22. The third kappa shape index (κ3) is 5.24. The fraction of sp³-hybridized carbons (Fsp3) is 0.786. The Kier molecular flexibility index (Phi) is 10.3. The molecule has 2 N–H and O–H groups in total. The number of nitrogens with one attached hydrogen (secondary N) is 1. The van der Waals surface area contributed by atoms with Crippen LogP contribution >= 0.6 is 24.8 Å². The molecule has 0 spiro atoms. The number of aromatic nitrogens is 2. The summed E-state index contributed by atoms with van der Waals surface area (Å²) in [5.41, 5.74) is 1.19. The van der Waals surface area contributed by atoms with E-state index in [4.69, 9.17) is 10.1 Å². The van der Waals surface area contributed by atoms with Gasteiger partial charge in [-0.15, -0.1) is 24.8 Å². The molecule has 1 aromatic heterocycles. The van der Waals surface area contributed by atoms with E-state index in [1.54, 1.807) is 0 Å². The minimum absolute atomic E-state index is 0. The lowest BCUT2D eigenvalue weighted by Crippen LogP contribution is -2.28. The molecule has 1 aromatic rings. The highest BCUT2D eigenvalue weighted by Gasteiger charge is 2.20. The Morgan fingerprint density at radius 3 is 2.65 bits per heavy atom. The van der Waals surface area contributed by atoms with Crippen LogP contribution in [0.4, 0.5) is 0 Å². The summed E-state index contributed by atoms with van der Waals surface area (Å²) in [4.78, 5) is 4.81. The Hall–Kier alpha value is -0.290. The molecule has 1 aliphatic rings. The van der Waals surface area contributed by atoms with Crippen LogP contribution in [0.3, 0.4) is 0 Å². The summed E-state index contributed by atoms with van der Waals surface area (Å²) >= 11 is 0. The Morgan fingerprint density at radius 2 is 2.05 bits per heavy atom. The zero-order valence-electron chi connectivity index (χ0n) is 12.2. The van der Waals surface area contributed by atoms with Crippen LogP contribution < -0.4 is 5.32 Å². The first-order chi connectivity index (χ1) is 8.85. The summed E-state index contributed by atoms with van der Waals surface area (Å²) in [5, 5.41) is 12.6. The summed E-state index contributed by atoms with van der Waals surface area (Å²) in [6.45, 7) is 5.25. The van der Waals surface area contributed by atoms with E-state index in [1.807, 2.05) is 0 Å². The normalized spacial score (nSPS) is 15.5. The molecule has 0 bridgehead atoms. The lowest BCUT2D eigenvalue weighted by atomic mass is 9.97. The smallest absolute Gasteiger partial charge is 0.112 e. The Labute approximate surface area is 134 Å². The number of hydrogen-bond donors (Lipinski definition) is 2. The number of hydrogen-bond acceptors (Lipinski definition) is 3.